The summed E-state index contributed by atoms with van der Waals surface area (Å²) < 4.78 is 35.1. The molecular weight excluding hydrogens is 414 g/mol. The van der Waals surface area contributed by atoms with Crippen molar-refractivity contribution in [3.63, 3.8) is 0 Å². The van der Waals surface area contributed by atoms with Crippen LogP contribution in [0, 0.1) is 17.6 Å². The van der Waals surface area contributed by atoms with Crippen molar-refractivity contribution in [1.29, 1.82) is 0 Å². The maximum absolute atomic E-state index is 14.7. The lowest BCUT2D eigenvalue weighted by Gasteiger charge is -2.27. The Balaban J connectivity index is 1.61. The summed E-state index contributed by atoms with van der Waals surface area (Å²) in [7, 11) is 0. The van der Waals surface area contributed by atoms with Crippen LogP contribution >= 0.6 is 0 Å². The van der Waals surface area contributed by atoms with Gasteiger partial charge in [0.25, 0.3) is 0 Å². The van der Waals surface area contributed by atoms with Gasteiger partial charge in [-0.2, -0.15) is 0 Å². The summed E-state index contributed by atoms with van der Waals surface area (Å²) in [5, 5.41) is 0. The molecule has 33 heavy (non-hydrogen) atoms. The summed E-state index contributed by atoms with van der Waals surface area (Å²) in [6.45, 7) is 6.22. The second-order valence-electron chi connectivity index (χ2n) is 9.62. The van der Waals surface area contributed by atoms with Gasteiger partial charge in [0.1, 0.15) is 0 Å². The fraction of sp³-hybridized carbons (Fsp3) is 0.533. The van der Waals surface area contributed by atoms with Gasteiger partial charge in [0.2, 0.25) is 0 Å². The van der Waals surface area contributed by atoms with Crippen LogP contribution in [0.5, 0.6) is 5.75 Å². The minimum Gasteiger partial charge on any atom is -0.485 e. The standard InChI is InChI=1S/C30H40F2O/c1-4-6-8-9-10-22(3)33-30-28(31)20-27(21-29(30)32)26-18-16-25(17-19-26)24-14-12-23(13-15-24)11-7-5-2/h7,11,16-24H,4-6,8-10,12-15H2,1-3H3/b11-7+. The smallest absolute Gasteiger partial charge is 0.191 e. The normalized spacial score (nSPS) is 19.7. The Morgan fingerprint density at radius 3 is 2.18 bits per heavy atom. The molecule has 0 N–H and O–H groups in total. The minimum atomic E-state index is -0.632. The SMILES string of the molecule is CC/C=C/C1CCC(c2ccc(-c3cc(F)c(OC(C)CCCCCC)c(F)c3)cc2)CC1. The van der Waals surface area contributed by atoms with Crippen molar-refractivity contribution in [3.8, 4) is 16.9 Å². The van der Waals surface area contributed by atoms with Crippen LogP contribution in [0.15, 0.2) is 48.6 Å². The van der Waals surface area contributed by atoms with Crippen LogP contribution in [-0.4, -0.2) is 6.10 Å². The molecule has 0 heterocycles. The second kappa shape index (κ2) is 12.9. The number of benzene rings is 2. The van der Waals surface area contributed by atoms with Crippen LogP contribution in [0.25, 0.3) is 11.1 Å². The molecule has 1 aliphatic carbocycles. The van der Waals surface area contributed by atoms with E-state index < -0.39 is 11.6 Å². The van der Waals surface area contributed by atoms with Gasteiger partial charge < -0.3 is 4.74 Å². The Kier molecular flexibility index (Phi) is 9.96. The number of allylic oxidation sites excluding steroid dienone is 2. The van der Waals surface area contributed by atoms with Gasteiger partial charge in [0.05, 0.1) is 6.10 Å². The number of ether oxygens (including phenoxy) is 1. The lowest BCUT2D eigenvalue weighted by Crippen LogP contribution is -2.13. The molecule has 1 unspecified atom stereocenters. The van der Waals surface area contributed by atoms with E-state index in [4.69, 9.17) is 4.74 Å². The van der Waals surface area contributed by atoms with Gasteiger partial charge in [-0.25, -0.2) is 8.78 Å². The van der Waals surface area contributed by atoms with E-state index >= 15 is 0 Å². The van der Waals surface area contributed by atoms with E-state index in [9.17, 15) is 8.78 Å². The summed E-state index contributed by atoms with van der Waals surface area (Å²) in [4.78, 5) is 0. The fourth-order valence-corrected chi connectivity index (χ4v) is 4.88. The Morgan fingerprint density at radius 2 is 1.58 bits per heavy atom. The number of hydrogen-bond acceptors (Lipinski definition) is 1. The molecule has 0 bridgehead atoms. The van der Waals surface area contributed by atoms with Gasteiger partial charge in [0, 0.05) is 0 Å². The molecule has 2 aromatic rings. The fourth-order valence-electron chi connectivity index (χ4n) is 4.88. The van der Waals surface area contributed by atoms with E-state index in [1.54, 1.807) is 0 Å². The first-order valence-electron chi connectivity index (χ1n) is 12.9. The first-order chi connectivity index (χ1) is 16.0. The summed E-state index contributed by atoms with van der Waals surface area (Å²) in [5.41, 5.74) is 2.71. The van der Waals surface area contributed by atoms with Gasteiger partial charge in [-0.05, 0) is 92.5 Å². The largest absolute Gasteiger partial charge is 0.485 e. The quantitative estimate of drug-likeness (QED) is 0.242. The van der Waals surface area contributed by atoms with Crippen LogP contribution in [0.2, 0.25) is 0 Å². The van der Waals surface area contributed by atoms with Crippen molar-refractivity contribution in [1.82, 2.24) is 0 Å². The highest BCUT2D eigenvalue weighted by Crippen LogP contribution is 2.37. The summed E-state index contributed by atoms with van der Waals surface area (Å²) >= 11 is 0. The van der Waals surface area contributed by atoms with Crippen molar-refractivity contribution in [2.24, 2.45) is 5.92 Å². The molecule has 1 saturated carbocycles. The highest BCUT2D eigenvalue weighted by Gasteiger charge is 2.21. The van der Waals surface area contributed by atoms with E-state index in [0.717, 1.165) is 31.2 Å². The molecule has 180 valence electrons. The highest BCUT2D eigenvalue weighted by atomic mass is 19.1. The number of hydrogen-bond donors (Lipinski definition) is 0. The lowest BCUT2D eigenvalue weighted by molar-refractivity contribution is 0.188. The van der Waals surface area contributed by atoms with E-state index in [-0.39, 0.29) is 11.9 Å². The summed E-state index contributed by atoms with van der Waals surface area (Å²) in [6, 6.07) is 11.0. The highest BCUT2D eigenvalue weighted by molar-refractivity contribution is 5.65. The third-order valence-corrected chi connectivity index (χ3v) is 6.91. The van der Waals surface area contributed by atoms with Gasteiger partial charge in [-0.15, -0.1) is 0 Å². The third kappa shape index (κ3) is 7.42. The molecule has 1 nitrogen and oxygen atoms in total. The van der Waals surface area contributed by atoms with Crippen molar-refractivity contribution in [2.45, 2.75) is 97.0 Å². The van der Waals surface area contributed by atoms with Crippen LogP contribution < -0.4 is 4.74 Å². The minimum absolute atomic E-state index is 0.205. The Labute approximate surface area is 199 Å². The molecule has 2 aromatic carbocycles. The summed E-state index contributed by atoms with van der Waals surface area (Å²) in [5.74, 6) is -0.229. The lowest BCUT2D eigenvalue weighted by atomic mass is 9.78. The molecule has 0 aliphatic heterocycles. The molecule has 0 spiro atoms. The molecular formula is C30H40F2O. The molecule has 1 aliphatic rings. The van der Waals surface area contributed by atoms with Crippen LogP contribution in [0.1, 0.15) is 96.5 Å². The van der Waals surface area contributed by atoms with Crippen molar-refractivity contribution in [2.75, 3.05) is 0 Å². The van der Waals surface area contributed by atoms with Crippen molar-refractivity contribution in [3.05, 3.63) is 65.7 Å². The Hall–Kier alpha value is -2.16. The van der Waals surface area contributed by atoms with Gasteiger partial charge in [-0.1, -0.05) is 69.5 Å². The van der Waals surface area contributed by atoms with Crippen LogP contribution in [0.4, 0.5) is 8.78 Å². The van der Waals surface area contributed by atoms with Gasteiger partial charge in [-0.3, -0.25) is 0 Å². The predicted molar refractivity (Wildman–Crippen MR) is 135 cm³/mol. The zero-order chi connectivity index (χ0) is 23.6. The van der Waals surface area contributed by atoms with Crippen molar-refractivity contribution >= 4 is 0 Å². The molecule has 3 heteroatoms. The topological polar surface area (TPSA) is 9.23 Å². The molecule has 0 aromatic heterocycles. The molecule has 0 amide bonds. The van der Waals surface area contributed by atoms with E-state index in [1.165, 1.54) is 56.2 Å². The monoisotopic (exact) mass is 454 g/mol. The zero-order valence-corrected chi connectivity index (χ0v) is 20.6. The van der Waals surface area contributed by atoms with E-state index in [0.29, 0.717) is 17.4 Å². The van der Waals surface area contributed by atoms with Crippen LogP contribution in [0.3, 0.4) is 0 Å². The maximum atomic E-state index is 14.7. The predicted octanol–water partition coefficient (Wildman–Crippen LogP) is 9.61. The number of rotatable bonds is 11. The Bertz CT molecular complexity index is 856. The van der Waals surface area contributed by atoms with Crippen molar-refractivity contribution < 1.29 is 13.5 Å². The Morgan fingerprint density at radius 1 is 0.909 bits per heavy atom. The van der Waals surface area contributed by atoms with Gasteiger partial charge in [0.15, 0.2) is 17.4 Å². The van der Waals surface area contributed by atoms with Gasteiger partial charge >= 0.3 is 0 Å². The molecule has 0 radical (unpaired) electrons. The maximum Gasteiger partial charge on any atom is 0.191 e. The first-order valence-corrected chi connectivity index (χ1v) is 12.9. The second-order valence-corrected chi connectivity index (χ2v) is 9.62. The average Bonchev–Trinajstić information content (AvgIpc) is 2.83. The van der Waals surface area contributed by atoms with E-state index in [1.807, 2.05) is 19.1 Å². The molecule has 1 fully saturated rings. The van der Waals surface area contributed by atoms with Crippen LogP contribution in [-0.2, 0) is 0 Å². The zero-order valence-electron chi connectivity index (χ0n) is 20.6. The average molecular weight is 455 g/mol. The molecule has 3 rings (SSSR count). The number of unbranched alkanes of at least 4 members (excludes halogenated alkanes) is 3. The first kappa shape index (κ1) is 25.5. The summed E-state index contributed by atoms with van der Waals surface area (Å²) in [6.07, 6.45) is 15.7. The third-order valence-electron chi connectivity index (χ3n) is 6.91. The van der Waals surface area contributed by atoms with E-state index in [2.05, 4.69) is 38.1 Å². The molecule has 1 atom stereocenters. The molecule has 0 saturated heterocycles. The number of halogens is 2.